The lowest BCUT2D eigenvalue weighted by Crippen LogP contribution is -2.02. The van der Waals surface area contributed by atoms with E-state index in [1.807, 2.05) is 42.5 Å². The van der Waals surface area contributed by atoms with E-state index in [-0.39, 0.29) is 0 Å². The summed E-state index contributed by atoms with van der Waals surface area (Å²) in [4.78, 5) is 3.17. The van der Waals surface area contributed by atoms with Gasteiger partial charge in [0, 0.05) is 22.9 Å². The molecule has 0 spiro atoms. The summed E-state index contributed by atoms with van der Waals surface area (Å²) in [5.74, 6) is 0.590. The smallest absolute Gasteiger partial charge is 0.525 e. The second-order valence-electron chi connectivity index (χ2n) is 4.36. The van der Waals surface area contributed by atoms with Gasteiger partial charge in [-0.2, -0.15) is 0 Å². The molecule has 1 heterocycles. The van der Waals surface area contributed by atoms with Crippen LogP contribution in [-0.4, -0.2) is 17.7 Å². The highest BCUT2D eigenvalue weighted by Crippen LogP contribution is 2.29. The molecule has 0 amide bonds. The topological polar surface area (TPSA) is 45.2 Å². The largest absolute Gasteiger partial charge is 0.570 e. The Morgan fingerprint density at radius 2 is 1.74 bits per heavy atom. The number of benzene rings is 2. The SMILES string of the molecule is O[B]Oc1[nH]c2ccccc2c1Cc1ccccc1. The van der Waals surface area contributed by atoms with Crippen molar-refractivity contribution in [2.75, 3.05) is 0 Å². The molecule has 3 aromatic rings. The van der Waals surface area contributed by atoms with Crippen LogP contribution in [0.4, 0.5) is 0 Å². The van der Waals surface area contributed by atoms with Gasteiger partial charge < -0.3 is 14.7 Å². The third kappa shape index (κ3) is 2.35. The minimum Gasteiger partial charge on any atom is -0.525 e. The first kappa shape index (κ1) is 11.9. The Morgan fingerprint density at radius 3 is 2.53 bits per heavy atom. The summed E-state index contributed by atoms with van der Waals surface area (Å²) in [5.41, 5.74) is 3.26. The zero-order valence-electron chi connectivity index (χ0n) is 10.3. The molecule has 3 nitrogen and oxygen atoms in total. The predicted octanol–water partition coefficient (Wildman–Crippen LogP) is 2.66. The zero-order valence-corrected chi connectivity index (χ0v) is 10.3. The number of para-hydroxylation sites is 1. The third-order valence-electron chi connectivity index (χ3n) is 3.17. The molecule has 93 valence electrons. The lowest BCUT2D eigenvalue weighted by atomic mass is 10.0. The molecule has 0 aliphatic rings. The van der Waals surface area contributed by atoms with Crippen molar-refractivity contribution < 1.29 is 9.68 Å². The highest BCUT2D eigenvalue weighted by molar-refractivity contribution is 6.17. The standard InChI is InChI=1S/C15H13BNO2/c18-16-19-15-13(10-11-6-2-1-3-7-11)12-8-4-5-9-14(12)17-15/h1-9,17-18H,10H2. The minimum atomic E-state index is 0.590. The molecule has 4 heteroatoms. The van der Waals surface area contributed by atoms with Crippen molar-refractivity contribution >= 4 is 18.6 Å². The van der Waals surface area contributed by atoms with Crippen LogP contribution >= 0.6 is 0 Å². The molecule has 1 aromatic heterocycles. The number of H-pyrrole nitrogens is 1. The van der Waals surface area contributed by atoms with Gasteiger partial charge in [0.2, 0.25) is 0 Å². The summed E-state index contributed by atoms with van der Waals surface area (Å²) in [7, 11) is 0.708. The molecule has 0 bridgehead atoms. The van der Waals surface area contributed by atoms with Crippen molar-refractivity contribution in [1.82, 2.24) is 4.98 Å². The first-order chi connectivity index (χ1) is 9.38. The first-order valence-electron chi connectivity index (χ1n) is 6.14. The molecule has 2 N–H and O–H groups in total. The number of aromatic amines is 1. The Kier molecular flexibility index (Phi) is 3.25. The molecule has 0 saturated carbocycles. The van der Waals surface area contributed by atoms with Gasteiger partial charge in [0.15, 0.2) is 5.88 Å². The van der Waals surface area contributed by atoms with Crippen LogP contribution in [0.5, 0.6) is 5.88 Å². The molecule has 0 fully saturated rings. The highest BCUT2D eigenvalue weighted by atomic mass is 16.5. The molecule has 0 saturated heterocycles. The summed E-state index contributed by atoms with van der Waals surface area (Å²) in [6, 6.07) is 18.2. The molecule has 3 rings (SSSR count). The fourth-order valence-corrected chi connectivity index (χ4v) is 2.30. The number of hydrogen-bond donors (Lipinski definition) is 2. The molecule has 19 heavy (non-hydrogen) atoms. The van der Waals surface area contributed by atoms with Crippen LogP contribution in [0, 0.1) is 0 Å². The number of hydrogen-bond acceptors (Lipinski definition) is 2. The second kappa shape index (κ2) is 5.20. The van der Waals surface area contributed by atoms with Crippen LogP contribution in [0.25, 0.3) is 10.9 Å². The minimum absolute atomic E-state index is 0.590. The summed E-state index contributed by atoms with van der Waals surface area (Å²) >= 11 is 0. The molecule has 0 aliphatic carbocycles. The summed E-state index contributed by atoms with van der Waals surface area (Å²) in [6.07, 6.45) is 0.758. The van der Waals surface area contributed by atoms with Crippen LogP contribution in [0.15, 0.2) is 54.6 Å². The lowest BCUT2D eigenvalue weighted by Gasteiger charge is -2.04. The molecule has 0 atom stereocenters. The Morgan fingerprint density at radius 1 is 1.00 bits per heavy atom. The second-order valence-corrected chi connectivity index (χ2v) is 4.36. The van der Waals surface area contributed by atoms with Crippen LogP contribution in [-0.2, 0) is 6.42 Å². The van der Waals surface area contributed by atoms with Crippen molar-refractivity contribution in [3.63, 3.8) is 0 Å². The highest BCUT2D eigenvalue weighted by Gasteiger charge is 2.12. The number of aromatic nitrogens is 1. The summed E-state index contributed by atoms with van der Waals surface area (Å²) < 4.78 is 5.17. The van der Waals surface area contributed by atoms with Crippen LogP contribution in [0.2, 0.25) is 0 Å². The molecular weight excluding hydrogens is 237 g/mol. The number of nitrogens with one attached hydrogen (secondary N) is 1. The van der Waals surface area contributed by atoms with Crippen molar-refractivity contribution in [3.05, 3.63) is 65.7 Å². The van der Waals surface area contributed by atoms with Gasteiger partial charge in [-0.05, 0) is 11.6 Å². The van der Waals surface area contributed by atoms with Crippen molar-refractivity contribution in [2.45, 2.75) is 6.42 Å². The lowest BCUT2D eigenvalue weighted by molar-refractivity contribution is 0.443. The van der Waals surface area contributed by atoms with Gasteiger partial charge in [-0.1, -0.05) is 48.5 Å². The van der Waals surface area contributed by atoms with E-state index in [1.165, 1.54) is 5.56 Å². The third-order valence-corrected chi connectivity index (χ3v) is 3.17. The fourth-order valence-electron chi connectivity index (χ4n) is 2.30. The Hall–Kier alpha value is -2.20. The summed E-state index contributed by atoms with van der Waals surface area (Å²) in [6.45, 7) is 0. The van der Waals surface area contributed by atoms with E-state index >= 15 is 0 Å². The fraction of sp³-hybridized carbons (Fsp3) is 0.0667. The maximum absolute atomic E-state index is 8.87. The first-order valence-corrected chi connectivity index (χ1v) is 6.14. The molecule has 1 radical (unpaired) electrons. The van der Waals surface area contributed by atoms with Gasteiger partial charge in [0.1, 0.15) is 0 Å². The van der Waals surface area contributed by atoms with E-state index in [4.69, 9.17) is 9.68 Å². The van der Waals surface area contributed by atoms with E-state index in [2.05, 4.69) is 17.1 Å². The zero-order chi connectivity index (χ0) is 13.1. The number of rotatable bonds is 4. The van der Waals surface area contributed by atoms with Gasteiger partial charge in [0.05, 0.1) is 0 Å². The summed E-state index contributed by atoms with van der Waals surface area (Å²) in [5, 5.41) is 9.98. The average Bonchev–Trinajstić information content (AvgIpc) is 2.79. The van der Waals surface area contributed by atoms with Crippen molar-refractivity contribution in [2.24, 2.45) is 0 Å². The monoisotopic (exact) mass is 250 g/mol. The maximum Gasteiger partial charge on any atom is 0.570 e. The van der Waals surface area contributed by atoms with Crippen LogP contribution < -0.4 is 4.65 Å². The van der Waals surface area contributed by atoms with E-state index in [1.54, 1.807) is 0 Å². The van der Waals surface area contributed by atoms with Crippen LogP contribution in [0.3, 0.4) is 0 Å². The van der Waals surface area contributed by atoms with Crippen LogP contribution in [0.1, 0.15) is 11.1 Å². The van der Waals surface area contributed by atoms with Crippen molar-refractivity contribution in [3.8, 4) is 5.88 Å². The molecule has 0 aliphatic heterocycles. The van der Waals surface area contributed by atoms with Gasteiger partial charge in [-0.25, -0.2) is 0 Å². The van der Waals surface area contributed by atoms with E-state index in [0.717, 1.165) is 22.9 Å². The Labute approximate surface area is 112 Å². The Bertz CT molecular complexity index is 679. The Balaban J connectivity index is 2.07. The van der Waals surface area contributed by atoms with Gasteiger partial charge in [-0.3, -0.25) is 0 Å². The normalized spacial score (nSPS) is 10.6. The van der Waals surface area contributed by atoms with E-state index < -0.39 is 0 Å². The molecule has 2 aromatic carbocycles. The van der Waals surface area contributed by atoms with Gasteiger partial charge >= 0.3 is 7.69 Å². The number of fused-ring (bicyclic) bond motifs is 1. The van der Waals surface area contributed by atoms with E-state index in [9.17, 15) is 0 Å². The molecule has 0 unspecified atom stereocenters. The predicted molar refractivity (Wildman–Crippen MR) is 76.1 cm³/mol. The maximum atomic E-state index is 8.87. The average molecular weight is 250 g/mol. The van der Waals surface area contributed by atoms with Gasteiger partial charge in [-0.15, -0.1) is 0 Å². The quantitative estimate of drug-likeness (QED) is 0.699. The molecular formula is C15H13BNO2. The van der Waals surface area contributed by atoms with Gasteiger partial charge in [0.25, 0.3) is 0 Å². The van der Waals surface area contributed by atoms with Crippen molar-refractivity contribution in [1.29, 1.82) is 0 Å². The van der Waals surface area contributed by atoms with E-state index in [0.29, 0.717) is 13.6 Å².